The summed E-state index contributed by atoms with van der Waals surface area (Å²) in [5.74, 6) is 1.42. The number of rotatable bonds is 6. The third-order valence-electron chi connectivity index (χ3n) is 12.7. The minimum absolute atomic E-state index is 0.449. The first-order valence-electron chi connectivity index (χ1n) is 21.7. The average Bonchev–Trinajstić information content (AvgIpc) is 3.94. The molecule has 10 aromatic carbocycles. The van der Waals surface area contributed by atoms with Crippen LogP contribution in [0.1, 0.15) is 22.9 Å². The minimum atomic E-state index is -0.449. The summed E-state index contributed by atoms with van der Waals surface area (Å²) >= 11 is 0. The molecule has 0 amide bonds. The monoisotopic (exact) mass is 819 g/mol. The smallest absolute Gasteiger partial charge is 0.160 e. The molecule has 1 aliphatic rings. The van der Waals surface area contributed by atoms with Crippen LogP contribution in [0.15, 0.2) is 231 Å². The Morgan fingerprint density at radius 2 is 0.969 bits per heavy atom. The topological polar surface area (TPSA) is 63.0 Å². The lowest BCUT2D eigenvalue weighted by atomic mass is 9.94. The van der Waals surface area contributed by atoms with Crippen molar-refractivity contribution >= 4 is 77.1 Å². The Morgan fingerprint density at radius 1 is 0.359 bits per heavy atom. The van der Waals surface area contributed by atoms with Crippen LogP contribution in [-0.2, 0) is 0 Å². The lowest BCUT2D eigenvalue weighted by Gasteiger charge is -2.25. The van der Waals surface area contributed by atoms with Crippen LogP contribution in [0.5, 0.6) is 0 Å². The van der Waals surface area contributed by atoms with E-state index in [0.29, 0.717) is 5.84 Å². The quantitative estimate of drug-likeness (QED) is 0.182. The van der Waals surface area contributed by atoms with E-state index in [1.807, 2.05) is 18.2 Å². The highest BCUT2D eigenvalue weighted by Crippen LogP contribution is 2.41. The first-order valence-corrected chi connectivity index (χ1v) is 21.7. The number of furan rings is 2. The Kier molecular flexibility index (Phi) is 8.21. The number of hydrogen-bond acceptors (Lipinski definition) is 5. The summed E-state index contributed by atoms with van der Waals surface area (Å²) < 4.78 is 12.8. The van der Waals surface area contributed by atoms with Gasteiger partial charge in [0.15, 0.2) is 5.84 Å². The molecule has 0 bridgehead atoms. The molecule has 300 valence electrons. The molecule has 0 saturated carbocycles. The third kappa shape index (κ3) is 5.93. The molecule has 1 unspecified atom stereocenters. The minimum Gasteiger partial charge on any atom is -0.456 e. The maximum atomic E-state index is 6.44. The van der Waals surface area contributed by atoms with Crippen LogP contribution in [-0.4, -0.2) is 11.7 Å². The predicted octanol–water partition coefficient (Wildman–Crippen LogP) is 15.3. The van der Waals surface area contributed by atoms with Crippen molar-refractivity contribution < 1.29 is 8.83 Å². The zero-order chi connectivity index (χ0) is 42.1. The van der Waals surface area contributed by atoms with Crippen molar-refractivity contribution in [3.8, 4) is 33.4 Å². The van der Waals surface area contributed by atoms with Gasteiger partial charge in [-0.05, 0) is 103 Å². The fourth-order valence-corrected chi connectivity index (χ4v) is 9.71. The van der Waals surface area contributed by atoms with E-state index in [0.717, 1.165) is 105 Å². The van der Waals surface area contributed by atoms with Gasteiger partial charge in [-0.3, -0.25) is 0 Å². The van der Waals surface area contributed by atoms with Crippen molar-refractivity contribution in [1.82, 2.24) is 5.32 Å². The van der Waals surface area contributed by atoms with Gasteiger partial charge in [-0.15, -0.1) is 0 Å². The molecule has 0 fully saturated rings. The molecular weight excluding hydrogens is 783 g/mol. The first kappa shape index (κ1) is 36.1. The van der Waals surface area contributed by atoms with Crippen molar-refractivity contribution in [1.29, 1.82) is 0 Å². The first-order chi connectivity index (χ1) is 31.7. The van der Waals surface area contributed by atoms with Crippen LogP contribution in [0.2, 0.25) is 0 Å². The summed E-state index contributed by atoms with van der Waals surface area (Å²) in [7, 11) is 0. The van der Waals surface area contributed by atoms with Gasteiger partial charge in [-0.1, -0.05) is 164 Å². The summed E-state index contributed by atoms with van der Waals surface area (Å²) in [6.07, 6.45) is -0.449. The van der Waals surface area contributed by atoms with Gasteiger partial charge in [0.1, 0.15) is 34.3 Å². The van der Waals surface area contributed by atoms with Gasteiger partial charge in [0, 0.05) is 38.2 Å². The molecule has 0 aliphatic carbocycles. The van der Waals surface area contributed by atoms with Crippen LogP contribution < -0.4 is 5.32 Å². The van der Waals surface area contributed by atoms with E-state index in [2.05, 4.69) is 199 Å². The lowest BCUT2D eigenvalue weighted by Crippen LogP contribution is -2.33. The normalized spacial score (nSPS) is 14.1. The Bertz CT molecular complexity index is 3880. The van der Waals surface area contributed by atoms with E-state index >= 15 is 0 Å². The van der Waals surface area contributed by atoms with Crippen LogP contribution in [0.3, 0.4) is 0 Å². The fourth-order valence-electron chi connectivity index (χ4n) is 9.71. The van der Waals surface area contributed by atoms with Gasteiger partial charge in [-0.2, -0.15) is 0 Å². The van der Waals surface area contributed by atoms with E-state index in [9.17, 15) is 0 Å². The third-order valence-corrected chi connectivity index (χ3v) is 12.7. The lowest BCUT2D eigenvalue weighted by molar-refractivity contribution is 0.662. The van der Waals surface area contributed by atoms with Crippen LogP contribution in [0, 0.1) is 0 Å². The Labute approximate surface area is 368 Å². The largest absolute Gasteiger partial charge is 0.456 e. The zero-order valence-electron chi connectivity index (χ0n) is 34.5. The summed E-state index contributed by atoms with van der Waals surface area (Å²) in [6.45, 7) is 0. The molecule has 0 radical (unpaired) electrons. The summed E-state index contributed by atoms with van der Waals surface area (Å²) in [6, 6.07) is 74.6. The second-order valence-electron chi connectivity index (χ2n) is 16.5. The van der Waals surface area contributed by atoms with Gasteiger partial charge in [0.05, 0.1) is 0 Å². The van der Waals surface area contributed by atoms with Crippen LogP contribution in [0.25, 0.3) is 98.8 Å². The van der Waals surface area contributed by atoms with Crippen molar-refractivity contribution in [3.05, 3.63) is 229 Å². The second-order valence-corrected chi connectivity index (χ2v) is 16.5. The van der Waals surface area contributed by atoms with E-state index in [1.165, 1.54) is 16.7 Å². The predicted molar refractivity (Wildman–Crippen MR) is 264 cm³/mol. The van der Waals surface area contributed by atoms with Gasteiger partial charge in [0.25, 0.3) is 0 Å². The average molecular weight is 820 g/mol. The van der Waals surface area contributed by atoms with Gasteiger partial charge >= 0.3 is 0 Å². The maximum absolute atomic E-state index is 6.44. The number of aliphatic imine (C=N–C) groups is 2. The zero-order valence-corrected chi connectivity index (χ0v) is 34.5. The molecular formula is C59H37N3O2. The van der Waals surface area contributed by atoms with Crippen molar-refractivity contribution in [2.75, 3.05) is 0 Å². The van der Waals surface area contributed by atoms with Crippen molar-refractivity contribution in [2.24, 2.45) is 9.98 Å². The van der Waals surface area contributed by atoms with Crippen LogP contribution >= 0.6 is 0 Å². The Hall–Kier alpha value is -8.54. The van der Waals surface area contributed by atoms with Gasteiger partial charge < -0.3 is 14.2 Å². The molecule has 1 atom stereocenters. The number of amidine groups is 2. The van der Waals surface area contributed by atoms with E-state index in [1.54, 1.807) is 0 Å². The molecule has 1 N–H and O–H groups in total. The van der Waals surface area contributed by atoms with Crippen molar-refractivity contribution in [2.45, 2.75) is 6.17 Å². The van der Waals surface area contributed by atoms with Crippen molar-refractivity contribution in [3.63, 3.8) is 0 Å². The van der Waals surface area contributed by atoms with Crippen LogP contribution in [0.4, 0.5) is 0 Å². The molecule has 5 heteroatoms. The number of nitrogens with zero attached hydrogens (tertiary/aromatic N) is 2. The molecule has 64 heavy (non-hydrogen) atoms. The molecule has 13 rings (SSSR count). The standard InChI is InChI=1S/C59H37N3O2/c1-3-13-36(14-4-1)39-29-32-52-50(35-39)55-44(20-11-23-53(55)64-52)40-27-25-37-26-28-41(34-42(37)33-40)57-60-58(47-31-30-43(38-15-5-2-6-16-38)45-17-7-8-18-46(45)47)62-59(61-57)49-21-12-24-54-56(49)48-19-9-10-22-51(48)63-54/h1-35,59H,(H,60,61,62). The van der Waals surface area contributed by atoms with Gasteiger partial charge in [-0.25, -0.2) is 9.98 Å². The summed E-state index contributed by atoms with van der Waals surface area (Å²) in [5.41, 5.74) is 13.3. The van der Waals surface area contributed by atoms with E-state index in [-0.39, 0.29) is 0 Å². The SMILES string of the molecule is c1ccc(-c2ccc3oc4cccc(-c5ccc6ccc(C7=NC(c8ccc(-c9ccccc9)c9ccccc89)=NC(c8cccc9oc%10ccccc%10c89)N7)cc6c5)c4c3c2)cc1. The number of nitrogens with one attached hydrogen (secondary N) is 1. The summed E-state index contributed by atoms with van der Waals surface area (Å²) in [4.78, 5) is 10.8. The number of hydrogen-bond donors (Lipinski definition) is 1. The van der Waals surface area contributed by atoms with E-state index < -0.39 is 6.17 Å². The number of fused-ring (bicyclic) bond motifs is 8. The fraction of sp³-hybridized carbons (Fsp3) is 0.0169. The van der Waals surface area contributed by atoms with Gasteiger partial charge in [0.2, 0.25) is 0 Å². The number of para-hydroxylation sites is 1. The second kappa shape index (κ2) is 14.5. The highest BCUT2D eigenvalue weighted by Gasteiger charge is 2.26. The highest BCUT2D eigenvalue weighted by molar-refractivity contribution is 6.20. The van der Waals surface area contributed by atoms with E-state index in [4.69, 9.17) is 18.8 Å². The molecule has 12 aromatic rings. The Balaban J connectivity index is 0.966. The Morgan fingerprint density at radius 3 is 1.78 bits per heavy atom. The number of benzene rings is 10. The molecule has 5 nitrogen and oxygen atoms in total. The maximum Gasteiger partial charge on any atom is 0.160 e. The molecule has 3 heterocycles. The molecule has 0 saturated heterocycles. The summed E-state index contributed by atoms with van der Waals surface area (Å²) in [5, 5.41) is 12.6. The molecule has 0 spiro atoms. The molecule has 2 aromatic heterocycles. The highest BCUT2D eigenvalue weighted by atomic mass is 16.3. The molecule has 1 aliphatic heterocycles.